The fraction of sp³-hybridized carbons (Fsp3) is 1.00. The molecule has 0 amide bonds. The van der Waals surface area contributed by atoms with Crippen molar-refractivity contribution in [2.24, 2.45) is 16.7 Å². The molecule has 2 aliphatic heterocycles. The lowest BCUT2D eigenvalue weighted by atomic mass is 9.69. The van der Waals surface area contributed by atoms with Gasteiger partial charge in [0.25, 0.3) is 0 Å². The highest BCUT2D eigenvalue weighted by Gasteiger charge is 2.61. The summed E-state index contributed by atoms with van der Waals surface area (Å²) in [6, 6.07) is 3.28. The lowest BCUT2D eigenvalue weighted by molar-refractivity contribution is 0.0350. The van der Waals surface area contributed by atoms with Crippen LogP contribution in [0.3, 0.4) is 0 Å². The second kappa shape index (κ2) is 4.71. The van der Waals surface area contributed by atoms with Crippen LogP contribution in [0, 0.1) is 16.7 Å². The van der Waals surface area contributed by atoms with Gasteiger partial charge < -0.3 is 10.2 Å². The zero-order chi connectivity index (χ0) is 14.8. The van der Waals surface area contributed by atoms with Gasteiger partial charge in [-0.1, -0.05) is 27.2 Å². The van der Waals surface area contributed by atoms with E-state index >= 15 is 0 Å². The van der Waals surface area contributed by atoms with Gasteiger partial charge in [0.2, 0.25) is 0 Å². The quantitative estimate of drug-likeness (QED) is 0.832. The van der Waals surface area contributed by atoms with E-state index in [1.54, 1.807) is 0 Å². The lowest BCUT2D eigenvalue weighted by Gasteiger charge is -2.49. The van der Waals surface area contributed by atoms with Crippen LogP contribution in [0.2, 0.25) is 0 Å². The molecule has 4 bridgehead atoms. The van der Waals surface area contributed by atoms with E-state index < -0.39 is 0 Å². The third-order valence-corrected chi connectivity index (χ3v) is 8.57. The van der Waals surface area contributed by atoms with Crippen LogP contribution in [-0.4, -0.2) is 36.1 Å². The SMILES string of the molecule is CN1C2CCCC1CC(NC1CC3CCC1(C)C3(C)C)C2. The van der Waals surface area contributed by atoms with Gasteiger partial charge in [-0.05, 0) is 68.7 Å². The zero-order valence-corrected chi connectivity index (χ0v) is 14.5. The Morgan fingerprint density at radius 3 is 2.14 bits per heavy atom. The fourth-order valence-corrected chi connectivity index (χ4v) is 6.49. The molecule has 2 saturated carbocycles. The Labute approximate surface area is 131 Å². The molecule has 0 aromatic heterocycles. The fourth-order valence-electron chi connectivity index (χ4n) is 6.49. The number of rotatable bonds is 2. The van der Waals surface area contributed by atoms with Gasteiger partial charge in [-0.3, -0.25) is 0 Å². The van der Waals surface area contributed by atoms with Crippen LogP contribution in [0.15, 0.2) is 0 Å². The topological polar surface area (TPSA) is 15.3 Å². The van der Waals surface area contributed by atoms with E-state index in [2.05, 4.69) is 38.0 Å². The Balaban J connectivity index is 1.46. The van der Waals surface area contributed by atoms with E-state index in [9.17, 15) is 0 Å². The van der Waals surface area contributed by atoms with E-state index in [4.69, 9.17) is 0 Å². The number of nitrogens with zero attached hydrogens (tertiary/aromatic N) is 1. The zero-order valence-electron chi connectivity index (χ0n) is 14.5. The van der Waals surface area contributed by atoms with Crippen LogP contribution in [-0.2, 0) is 0 Å². The van der Waals surface area contributed by atoms with Crippen molar-refractivity contribution in [3.05, 3.63) is 0 Å². The Hall–Kier alpha value is -0.0800. The molecule has 4 fully saturated rings. The van der Waals surface area contributed by atoms with Crippen molar-refractivity contribution in [2.75, 3.05) is 7.05 Å². The van der Waals surface area contributed by atoms with Crippen LogP contribution in [0.4, 0.5) is 0 Å². The highest BCUT2D eigenvalue weighted by atomic mass is 15.2. The number of fused-ring (bicyclic) bond motifs is 4. The molecule has 0 aromatic carbocycles. The summed E-state index contributed by atoms with van der Waals surface area (Å²) < 4.78 is 0. The summed E-state index contributed by atoms with van der Waals surface area (Å²) in [6.45, 7) is 7.65. The summed E-state index contributed by atoms with van der Waals surface area (Å²) in [7, 11) is 2.37. The smallest absolute Gasteiger partial charge is 0.0131 e. The van der Waals surface area contributed by atoms with E-state index in [1.165, 1.54) is 51.4 Å². The van der Waals surface area contributed by atoms with Gasteiger partial charge >= 0.3 is 0 Å². The van der Waals surface area contributed by atoms with Gasteiger partial charge in [0.15, 0.2) is 0 Å². The molecule has 2 nitrogen and oxygen atoms in total. The average molecular weight is 290 g/mol. The van der Waals surface area contributed by atoms with Crippen LogP contribution in [0.25, 0.3) is 0 Å². The maximum absolute atomic E-state index is 4.17. The van der Waals surface area contributed by atoms with E-state index in [-0.39, 0.29) is 0 Å². The van der Waals surface area contributed by atoms with E-state index in [0.717, 1.165) is 30.1 Å². The largest absolute Gasteiger partial charge is 0.311 e. The molecule has 2 saturated heterocycles. The second-order valence-electron chi connectivity index (χ2n) is 9.40. The Morgan fingerprint density at radius 2 is 1.62 bits per heavy atom. The van der Waals surface area contributed by atoms with Crippen LogP contribution in [0.5, 0.6) is 0 Å². The number of piperidine rings is 2. The Morgan fingerprint density at radius 1 is 0.952 bits per heavy atom. The molecule has 2 heteroatoms. The predicted octanol–water partition coefficient (Wildman–Crippen LogP) is 3.81. The molecule has 2 aliphatic carbocycles. The highest BCUT2D eigenvalue weighted by molar-refractivity contribution is 5.13. The van der Waals surface area contributed by atoms with Crippen LogP contribution >= 0.6 is 0 Å². The van der Waals surface area contributed by atoms with E-state index in [1.807, 2.05) is 0 Å². The average Bonchev–Trinajstić information content (AvgIpc) is 2.73. The molecular formula is C19H34N2. The lowest BCUT2D eigenvalue weighted by Crippen LogP contribution is -2.57. The molecular weight excluding hydrogens is 256 g/mol. The number of hydrogen-bond donors (Lipinski definition) is 1. The minimum atomic E-state index is 0.538. The van der Waals surface area contributed by atoms with Crippen molar-refractivity contribution in [3.8, 4) is 0 Å². The molecule has 2 heterocycles. The molecule has 0 spiro atoms. The third kappa shape index (κ3) is 1.97. The molecule has 0 radical (unpaired) electrons. The monoisotopic (exact) mass is 290 g/mol. The maximum atomic E-state index is 4.17. The number of hydrogen-bond acceptors (Lipinski definition) is 2. The minimum Gasteiger partial charge on any atom is -0.311 e. The first-order chi connectivity index (χ1) is 9.92. The molecule has 5 atom stereocenters. The van der Waals surface area contributed by atoms with Crippen molar-refractivity contribution in [3.63, 3.8) is 0 Å². The normalized spacial score (nSPS) is 52.3. The summed E-state index contributed by atoms with van der Waals surface area (Å²) in [5.41, 5.74) is 1.09. The summed E-state index contributed by atoms with van der Waals surface area (Å²) in [4.78, 5) is 2.69. The molecule has 120 valence electrons. The predicted molar refractivity (Wildman–Crippen MR) is 88.4 cm³/mol. The summed E-state index contributed by atoms with van der Waals surface area (Å²) >= 11 is 0. The molecule has 5 unspecified atom stereocenters. The molecule has 4 rings (SSSR count). The van der Waals surface area contributed by atoms with Gasteiger partial charge in [0.1, 0.15) is 0 Å². The minimum absolute atomic E-state index is 0.538. The molecule has 21 heavy (non-hydrogen) atoms. The van der Waals surface area contributed by atoms with Crippen molar-refractivity contribution < 1.29 is 0 Å². The van der Waals surface area contributed by atoms with Crippen LogP contribution < -0.4 is 5.32 Å². The standard InChI is InChI=1S/C19H34N2/c1-18(2)13-8-9-19(18,3)17(10-13)20-14-11-15-6-5-7-16(12-14)21(15)4/h13-17,20H,5-12H2,1-4H3. The first-order valence-corrected chi connectivity index (χ1v) is 9.40. The van der Waals surface area contributed by atoms with Gasteiger partial charge in [-0.25, -0.2) is 0 Å². The summed E-state index contributed by atoms with van der Waals surface area (Å²) in [6.07, 6.45) is 11.5. The van der Waals surface area contributed by atoms with Gasteiger partial charge in [0.05, 0.1) is 0 Å². The Kier molecular flexibility index (Phi) is 3.25. The maximum Gasteiger partial charge on any atom is 0.0131 e. The van der Waals surface area contributed by atoms with Gasteiger partial charge in [-0.2, -0.15) is 0 Å². The summed E-state index contributed by atoms with van der Waals surface area (Å²) in [5, 5.41) is 4.17. The van der Waals surface area contributed by atoms with Crippen molar-refractivity contribution >= 4 is 0 Å². The second-order valence-corrected chi connectivity index (χ2v) is 9.40. The molecule has 0 aromatic rings. The highest BCUT2D eigenvalue weighted by Crippen LogP contribution is 2.65. The first-order valence-electron chi connectivity index (χ1n) is 9.40. The van der Waals surface area contributed by atoms with Crippen molar-refractivity contribution in [1.29, 1.82) is 0 Å². The molecule has 4 aliphatic rings. The van der Waals surface area contributed by atoms with Crippen LogP contribution in [0.1, 0.15) is 72.1 Å². The van der Waals surface area contributed by atoms with Gasteiger partial charge in [0, 0.05) is 24.2 Å². The summed E-state index contributed by atoms with van der Waals surface area (Å²) in [5.74, 6) is 0.964. The van der Waals surface area contributed by atoms with Gasteiger partial charge in [-0.15, -0.1) is 0 Å². The Bertz CT molecular complexity index is 404. The first kappa shape index (κ1) is 14.5. The third-order valence-electron chi connectivity index (χ3n) is 8.57. The van der Waals surface area contributed by atoms with Crippen molar-refractivity contribution in [2.45, 2.75) is 96.3 Å². The van der Waals surface area contributed by atoms with Crippen molar-refractivity contribution in [1.82, 2.24) is 10.2 Å². The number of nitrogens with one attached hydrogen (secondary N) is 1. The van der Waals surface area contributed by atoms with E-state index in [0.29, 0.717) is 10.8 Å². The molecule has 1 N–H and O–H groups in total.